The average Bonchev–Trinajstić information content (AvgIpc) is 2.95. The van der Waals surface area contributed by atoms with E-state index in [0.717, 1.165) is 0 Å². The highest BCUT2D eigenvalue weighted by Crippen LogP contribution is 2.35. The van der Waals surface area contributed by atoms with E-state index in [1.807, 2.05) is 6.92 Å². The number of hydrogen-bond acceptors (Lipinski definition) is 5. The van der Waals surface area contributed by atoms with Crippen LogP contribution < -0.4 is 25.4 Å². The van der Waals surface area contributed by atoms with Crippen molar-refractivity contribution in [3.8, 4) is 11.5 Å². The standard InChI is InChI=1S/C17H25N3O4/c1-11(18)6-7-19-17(22)12-8-16(21)20(10-12)14-5-4-13(23-2)9-15(14)24-3/h4-5,9,11-12H,6-8,10,18H2,1-3H3,(H,19,22). The molecule has 132 valence electrons. The highest BCUT2D eigenvalue weighted by atomic mass is 16.5. The van der Waals surface area contributed by atoms with Gasteiger partial charge in [-0.05, 0) is 25.5 Å². The minimum absolute atomic E-state index is 0.0376. The topological polar surface area (TPSA) is 93.9 Å². The van der Waals surface area contributed by atoms with Crippen LogP contribution in [0.1, 0.15) is 19.8 Å². The predicted octanol–water partition coefficient (Wildman–Crippen LogP) is 0.910. The Labute approximate surface area is 142 Å². The van der Waals surface area contributed by atoms with Gasteiger partial charge < -0.3 is 25.4 Å². The first kappa shape index (κ1) is 18.1. The van der Waals surface area contributed by atoms with Crippen LogP contribution in [0.3, 0.4) is 0 Å². The number of nitrogens with two attached hydrogens (primary N) is 1. The van der Waals surface area contributed by atoms with E-state index >= 15 is 0 Å². The molecule has 1 heterocycles. The number of amides is 2. The molecule has 2 rings (SSSR count). The van der Waals surface area contributed by atoms with Gasteiger partial charge in [0.2, 0.25) is 11.8 Å². The lowest BCUT2D eigenvalue weighted by molar-refractivity contribution is -0.126. The first-order chi connectivity index (χ1) is 11.5. The normalized spacial score (nSPS) is 18.4. The van der Waals surface area contributed by atoms with Gasteiger partial charge in [-0.2, -0.15) is 0 Å². The van der Waals surface area contributed by atoms with Crippen LogP contribution in [-0.2, 0) is 9.59 Å². The molecule has 1 fully saturated rings. The number of carbonyl (C=O) groups is 2. The highest BCUT2D eigenvalue weighted by Gasteiger charge is 2.36. The van der Waals surface area contributed by atoms with Gasteiger partial charge >= 0.3 is 0 Å². The maximum atomic E-state index is 12.3. The maximum Gasteiger partial charge on any atom is 0.227 e. The third-order valence-electron chi connectivity index (χ3n) is 4.07. The Kier molecular flexibility index (Phi) is 6.03. The molecular weight excluding hydrogens is 310 g/mol. The highest BCUT2D eigenvalue weighted by molar-refractivity contribution is 6.01. The van der Waals surface area contributed by atoms with Crippen LogP contribution in [0.15, 0.2) is 18.2 Å². The van der Waals surface area contributed by atoms with Crippen LogP contribution in [0, 0.1) is 5.92 Å². The van der Waals surface area contributed by atoms with Crippen LogP contribution >= 0.6 is 0 Å². The minimum atomic E-state index is -0.364. The Balaban J connectivity index is 2.06. The van der Waals surface area contributed by atoms with Gasteiger partial charge in [0.1, 0.15) is 11.5 Å². The predicted molar refractivity (Wildman–Crippen MR) is 91.3 cm³/mol. The molecule has 2 amide bonds. The molecule has 7 nitrogen and oxygen atoms in total. The van der Waals surface area contributed by atoms with Crippen molar-refractivity contribution in [2.75, 3.05) is 32.2 Å². The third kappa shape index (κ3) is 4.17. The van der Waals surface area contributed by atoms with Crippen LogP contribution in [-0.4, -0.2) is 45.2 Å². The smallest absolute Gasteiger partial charge is 0.227 e. The number of carbonyl (C=O) groups excluding carboxylic acids is 2. The molecule has 1 saturated heterocycles. The molecule has 1 aromatic carbocycles. The van der Waals surface area contributed by atoms with Crippen LogP contribution in [0.25, 0.3) is 0 Å². The molecule has 7 heteroatoms. The zero-order valence-electron chi connectivity index (χ0n) is 14.4. The molecule has 2 atom stereocenters. The van der Waals surface area contributed by atoms with Crippen LogP contribution in [0.5, 0.6) is 11.5 Å². The maximum absolute atomic E-state index is 12.3. The van der Waals surface area contributed by atoms with Crippen molar-refractivity contribution >= 4 is 17.5 Å². The molecule has 1 aliphatic heterocycles. The lowest BCUT2D eigenvalue weighted by Crippen LogP contribution is -2.35. The molecule has 0 saturated carbocycles. The fourth-order valence-corrected chi connectivity index (χ4v) is 2.69. The molecule has 0 aromatic heterocycles. The molecule has 0 radical (unpaired) electrons. The minimum Gasteiger partial charge on any atom is -0.497 e. The van der Waals surface area contributed by atoms with Crippen molar-refractivity contribution in [2.45, 2.75) is 25.8 Å². The van der Waals surface area contributed by atoms with Gasteiger partial charge in [-0.1, -0.05) is 0 Å². The zero-order valence-corrected chi connectivity index (χ0v) is 14.4. The second kappa shape index (κ2) is 8.01. The third-order valence-corrected chi connectivity index (χ3v) is 4.07. The first-order valence-electron chi connectivity index (χ1n) is 8.02. The lowest BCUT2D eigenvalue weighted by Gasteiger charge is -2.20. The Morgan fingerprint density at radius 2 is 2.17 bits per heavy atom. The number of nitrogens with zero attached hydrogens (tertiary/aromatic N) is 1. The first-order valence-corrected chi connectivity index (χ1v) is 8.02. The van der Waals surface area contributed by atoms with E-state index in [0.29, 0.717) is 36.7 Å². The molecule has 3 N–H and O–H groups in total. The van der Waals surface area contributed by atoms with Crippen molar-refractivity contribution < 1.29 is 19.1 Å². The SMILES string of the molecule is COc1ccc(N2CC(C(=O)NCCC(C)N)CC2=O)c(OC)c1. The van der Waals surface area contributed by atoms with Gasteiger partial charge in [-0.3, -0.25) is 9.59 Å². The van der Waals surface area contributed by atoms with E-state index in [9.17, 15) is 9.59 Å². The van der Waals surface area contributed by atoms with Crippen molar-refractivity contribution in [3.63, 3.8) is 0 Å². The second-order valence-electron chi connectivity index (χ2n) is 6.00. The van der Waals surface area contributed by atoms with Gasteiger partial charge in [0.15, 0.2) is 0 Å². The second-order valence-corrected chi connectivity index (χ2v) is 6.00. The lowest BCUT2D eigenvalue weighted by atomic mass is 10.1. The fourth-order valence-electron chi connectivity index (χ4n) is 2.69. The van der Waals surface area contributed by atoms with Crippen molar-refractivity contribution in [1.82, 2.24) is 5.32 Å². The van der Waals surface area contributed by atoms with Crippen molar-refractivity contribution in [2.24, 2.45) is 11.7 Å². The summed E-state index contributed by atoms with van der Waals surface area (Å²) in [6.45, 7) is 2.75. The monoisotopic (exact) mass is 335 g/mol. The summed E-state index contributed by atoms with van der Waals surface area (Å²) in [5, 5.41) is 2.85. The number of ether oxygens (including phenoxy) is 2. The average molecular weight is 335 g/mol. The van der Waals surface area contributed by atoms with E-state index in [1.54, 1.807) is 30.2 Å². The van der Waals surface area contributed by atoms with Crippen molar-refractivity contribution in [3.05, 3.63) is 18.2 Å². The summed E-state index contributed by atoms with van der Waals surface area (Å²) in [5.41, 5.74) is 6.32. The molecule has 0 bridgehead atoms. The Morgan fingerprint density at radius 3 is 2.79 bits per heavy atom. The summed E-state index contributed by atoms with van der Waals surface area (Å²) < 4.78 is 10.5. The molecule has 1 aliphatic rings. The van der Waals surface area contributed by atoms with E-state index in [2.05, 4.69) is 5.32 Å². The molecule has 1 aromatic rings. The molecule has 0 spiro atoms. The van der Waals surface area contributed by atoms with E-state index in [4.69, 9.17) is 15.2 Å². The quantitative estimate of drug-likeness (QED) is 0.772. The van der Waals surface area contributed by atoms with E-state index in [-0.39, 0.29) is 30.2 Å². The molecule has 2 unspecified atom stereocenters. The van der Waals surface area contributed by atoms with E-state index < -0.39 is 0 Å². The number of rotatable bonds is 7. The number of methoxy groups -OCH3 is 2. The van der Waals surface area contributed by atoms with Crippen molar-refractivity contribution in [1.29, 1.82) is 0 Å². The molecule has 0 aliphatic carbocycles. The van der Waals surface area contributed by atoms with E-state index in [1.165, 1.54) is 7.11 Å². The Bertz CT molecular complexity index is 603. The van der Waals surface area contributed by atoms with Crippen LogP contribution in [0.2, 0.25) is 0 Å². The van der Waals surface area contributed by atoms with Gasteiger partial charge in [-0.25, -0.2) is 0 Å². The Morgan fingerprint density at radius 1 is 1.42 bits per heavy atom. The van der Waals surface area contributed by atoms with Crippen LogP contribution in [0.4, 0.5) is 5.69 Å². The fraction of sp³-hybridized carbons (Fsp3) is 0.529. The number of benzene rings is 1. The van der Waals surface area contributed by atoms with Gasteiger partial charge in [0.25, 0.3) is 0 Å². The number of nitrogens with one attached hydrogen (secondary N) is 1. The van der Waals surface area contributed by atoms with Gasteiger partial charge in [0, 0.05) is 31.6 Å². The Hall–Kier alpha value is -2.28. The summed E-state index contributed by atoms with van der Waals surface area (Å²) in [4.78, 5) is 26.1. The zero-order chi connectivity index (χ0) is 17.7. The van der Waals surface area contributed by atoms with Gasteiger partial charge in [-0.15, -0.1) is 0 Å². The summed E-state index contributed by atoms with van der Waals surface area (Å²) in [7, 11) is 3.11. The van der Waals surface area contributed by atoms with Gasteiger partial charge in [0.05, 0.1) is 25.8 Å². The number of hydrogen-bond donors (Lipinski definition) is 2. The molecular formula is C17H25N3O4. The summed E-state index contributed by atoms with van der Waals surface area (Å²) in [5.74, 6) is 0.621. The largest absolute Gasteiger partial charge is 0.497 e. The number of anilines is 1. The molecule has 24 heavy (non-hydrogen) atoms. The summed E-state index contributed by atoms with van der Waals surface area (Å²) in [6.07, 6.45) is 0.904. The summed E-state index contributed by atoms with van der Waals surface area (Å²) in [6, 6.07) is 5.29. The summed E-state index contributed by atoms with van der Waals surface area (Å²) >= 11 is 0.